The summed E-state index contributed by atoms with van der Waals surface area (Å²) < 4.78 is 0. The van der Waals surface area contributed by atoms with Crippen molar-refractivity contribution in [3.8, 4) is 0 Å². The lowest BCUT2D eigenvalue weighted by Gasteiger charge is -2.12. The first-order chi connectivity index (χ1) is 7.13. The summed E-state index contributed by atoms with van der Waals surface area (Å²) in [6, 6.07) is 8.32. The Morgan fingerprint density at radius 1 is 1.40 bits per heavy atom. The molecule has 0 aromatic heterocycles. The summed E-state index contributed by atoms with van der Waals surface area (Å²) in [6.45, 7) is 7.42. The molecule has 1 atom stereocenters. The lowest BCUT2D eigenvalue weighted by molar-refractivity contribution is 0.636. The van der Waals surface area contributed by atoms with Gasteiger partial charge >= 0.3 is 0 Å². The van der Waals surface area contributed by atoms with Crippen molar-refractivity contribution < 1.29 is 0 Å². The van der Waals surface area contributed by atoms with Crippen LogP contribution < -0.4 is 5.32 Å². The third-order valence-corrected chi connectivity index (χ3v) is 2.71. The maximum absolute atomic E-state index is 5.83. The predicted octanol–water partition coefficient (Wildman–Crippen LogP) is 3.74. The van der Waals surface area contributed by atoms with Gasteiger partial charge in [0, 0.05) is 11.1 Å². The van der Waals surface area contributed by atoms with Gasteiger partial charge in [-0.25, -0.2) is 0 Å². The minimum Gasteiger partial charge on any atom is -0.311 e. The maximum atomic E-state index is 5.83. The van der Waals surface area contributed by atoms with Crippen LogP contribution in [0.2, 0.25) is 5.02 Å². The lowest BCUT2D eigenvalue weighted by Crippen LogP contribution is -2.26. The lowest BCUT2D eigenvalue weighted by atomic mass is 10.1. The van der Waals surface area contributed by atoms with Crippen molar-refractivity contribution in [3.05, 3.63) is 40.4 Å². The molecule has 0 aliphatic rings. The molecule has 1 aromatic carbocycles. The monoisotopic (exact) mass is 223 g/mol. The van der Waals surface area contributed by atoms with Crippen molar-refractivity contribution >= 4 is 17.7 Å². The summed E-state index contributed by atoms with van der Waals surface area (Å²) in [5.41, 5.74) is 2.53. The second-order valence-electron chi connectivity index (χ2n) is 3.72. The van der Waals surface area contributed by atoms with Gasteiger partial charge in [-0.3, -0.25) is 0 Å². The number of hydrogen-bond donors (Lipinski definition) is 1. The zero-order chi connectivity index (χ0) is 11.3. The molecule has 0 saturated heterocycles. The maximum Gasteiger partial charge on any atom is 0.0406 e. The molecule has 0 bridgehead atoms. The van der Waals surface area contributed by atoms with Gasteiger partial charge in [-0.15, -0.1) is 0 Å². The highest BCUT2D eigenvalue weighted by Crippen LogP contribution is 2.13. The fourth-order valence-corrected chi connectivity index (χ4v) is 1.54. The van der Waals surface area contributed by atoms with Crippen molar-refractivity contribution in [2.75, 3.05) is 6.54 Å². The Bertz CT molecular complexity index is 327. The summed E-state index contributed by atoms with van der Waals surface area (Å²) in [7, 11) is 0. The number of hydrogen-bond acceptors (Lipinski definition) is 1. The van der Waals surface area contributed by atoms with Crippen LogP contribution in [0.5, 0.6) is 0 Å². The molecule has 0 radical (unpaired) electrons. The van der Waals surface area contributed by atoms with E-state index in [-0.39, 0.29) is 0 Å². The smallest absolute Gasteiger partial charge is 0.0406 e. The van der Waals surface area contributed by atoms with E-state index in [1.54, 1.807) is 0 Å². The molecule has 82 valence electrons. The number of halogens is 1. The number of benzene rings is 1. The molecule has 2 heteroatoms. The van der Waals surface area contributed by atoms with Gasteiger partial charge in [-0.2, -0.15) is 0 Å². The summed E-state index contributed by atoms with van der Waals surface area (Å²) in [5, 5.41) is 4.16. The SMILES string of the molecule is CCNC(C)/C(C)=C/c1ccc(Cl)cc1. The third-order valence-electron chi connectivity index (χ3n) is 2.46. The number of likely N-dealkylation sites (N-methyl/N-ethyl adjacent to an activating group) is 1. The molecular weight excluding hydrogens is 206 g/mol. The van der Waals surface area contributed by atoms with Crippen molar-refractivity contribution in [1.82, 2.24) is 5.32 Å². The van der Waals surface area contributed by atoms with Crippen LogP contribution in [-0.2, 0) is 0 Å². The highest BCUT2D eigenvalue weighted by atomic mass is 35.5. The Hall–Kier alpha value is -0.790. The molecule has 0 aliphatic heterocycles. The molecule has 0 spiro atoms. The first-order valence-corrected chi connectivity index (χ1v) is 5.68. The summed E-state index contributed by atoms with van der Waals surface area (Å²) in [6.07, 6.45) is 2.18. The molecule has 1 N–H and O–H groups in total. The van der Waals surface area contributed by atoms with Crippen molar-refractivity contribution in [3.63, 3.8) is 0 Å². The van der Waals surface area contributed by atoms with Crippen molar-refractivity contribution in [2.24, 2.45) is 0 Å². The molecule has 0 amide bonds. The number of rotatable bonds is 4. The summed E-state index contributed by atoms with van der Waals surface area (Å²) in [4.78, 5) is 0. The molecule has 1 nitrogen and oxygen atoms in total. The molecule has 1 unspecified atom stereocenters. The largest absolute Gasteiger partial charge is 0.311 e. The van der Waals surface area contributed by atoms with Gasteiger partial charge in [0.1, 0.15) is 0 Å². The molecule has 1 rings (SSSR count). The van der Waals surface area contributed by atoms with E-state index in [2.05, 4.69) is 32.2 Å². The highest BCUT2D eigenvalue weighted by molar-refractivity contribution is 6.30. The molecule has 15 heavy (non-hydrogen) atoms. The zero-order valence-corrected chi connectivity index (χ0v) is 10.3. The van der Waals surface area contributed by atoms with Crippen LogP contribution in [0.15, 0.2) is 29.8 Å². The highest BCUT2D eigenvalue weighted by Gasteiger charge is 2.01. The molecule has 0 aliphatic carbocycles. The van der Waals surface area contributed by atoms with E-state index in [1.807, 2.05) is 24.3 Å². The average Bonchev–Trinajstić information content (AvgIpc) is 2.22. The van der Waals surface area contributed by atoms with Crippen molar-refractivity contribution in [1.29, 1.82) is 0 Å². The zero-order valence-electron chi connectivity index (χ0n) is 9.55. The van der Waals surface area contributed by atoms with E-state index >= 15 is 0 Å². The third kappa shape index (κ3) is 4.06. The van der Waals surface area contributed by atoms with Gasteiger partial charge in [0.2, 0.25) is 0 Å². The van der Waals surface area contributed by atoms with Crippen LogP contribution in [-0.4, -0.2) is 12.6 Å². The average molecular weight is 224 g/mol. The van der Waals surface area contributed by atoms with E-state index in [4.69, 9.17) is 11.6 Å². The van der Waals surface area contributed by atoms with Crippen LogP contribution in [0.4, 0.5) is 0 Å². The first kappa shape index (κ1) is 12.3. The summed E-state index contributed by atoms with van der Waals surface area (Å²) in [5.74, 6) is 0. The minimum absolute atomic E-state index is 0.422. The van der Waals surface area contributed by atoms with Crippen LogP contribution >= 0.6 is 11.6 Å². The van der Waals surface area contributed by atoms with E-state index in [0.29, 0.717) is 6.04 Å². The van der Waals surface area contributed by atoms with E-state index in [9.17, 15) is 0 Å². The normalized spacial score (nSPS) is 14.0. The summed E-state index contributed by atoms with van der Waals surface area (Å²) >= 11 is 5.83. The van der Waals surface area contributed by atoms with E-state index < -0.39 is 0 Å². The second-order valence-corrected chi connectivity index (χ2v) is 4.16. The first-order valence-electron chi connectivity index (χ1n) is 5.30. The second kappa shape index (κ2) is 5.94. The minimum atomic E-state index is 0.422. The fraction of sp³-hybridized carbons (Fsp3) is 0.385. The van der Waals surface area contributed by atoms with E-state index in [0.717, 1.165) is 11.6 Å². The van der Waals surface area contributed by atoms with Crippen LogP contribution in [0.3, 0.4) is 0 Å². The Morgan fingerprint density at radius 3 is 2.53 bits per heavy atom. The van der Waals surface area contributed by atoms with E-state index in [1.165, 1.54) is 11.1 Å². The molecular formula is C13H18ClN. The predicted molar refractivity (Wildman–Crippen MR) is 68.2 cm³/mol. The van der Waals surface area contributed by atoms with Crippen LogP contribution in [0.1, 0.15) is 26.3 Å². The fourth-order valence-electron chi connectivity index (χ4n) is 1.41. The van der Waals surface area contributed by atoms with Gasteiger partial charge < -0.3 is 5.32 Å². The molecule has 0 heterocycles. The topological polar surface area (TPSA) is 12.0 Å². The Morgan fingerprint density at radius 2 is 2.00 bits per heavy atom. The van der Waals surface area contributed by atoms with Crippen LogP contribution in [0.25, 0.3) is 6.08 Å². The quantitative estimate of drug-likeness (QED) is 0.820. The van der Waals surface area contributed by atoms with Gasteiger partial charge in [-0.1, -0.05) is 42.3 Å². The van der Waals surface area contributed by atoms with Crippen LogP contribution in [0, 0.1) is 0 Å². The van der Waals surface area contributed by atoms with Gasteiger partial charge in [0.25, 0.3) is 0 Å². The Labute approximate surface area is 97.1 Å². The van der Waals surface area contributed by atoms with Gasteiger partial charge in [0.15, 0.2) is 0 Å². The number of nitrogens with one attached hydrogen (secondary N) is 1. The van der Waals surface area contributed by atoms with Gasteiger partial charge in [-0.05, 0) is 38.1 Å². The molecule has 0 fully saturated rings. The molecule has 1 aromatic rings. The molecule has 0 saturated carbocycles. The standard InChI is InChI=1S/C13H18ClN/c1-4-15-11(3)10(2)9-12-5-7-13(14)8-6-12/h5-9,11,15H,4H2,1-3H3/b10-9+. The Kier molecular flexibility index (Phi) is 4.86. The Balaban J connectivity index is 2.73. The van der Waals surface area contributed by atoms with Crippen molar-refractivity contribution in [2.45, 2.75) is 26.8 Å². The van der Waals surface area contributed by atoms with Gasteiger partial charge in [0.05, 0.1) is 0 Å².